The zero-order valence-corrected chi connectivity index (χ0v) is 19.3. The number of nitrogens with one attached hydrogen (secondary N) is 1. The lowest BCUT2D eigenvalue weighted by Gasteiger charge is -2.38. The molecule has 2 fully saturated rings. The van der Waals surface area contributed by atoms with Crippen LogP contribution in [0, 0.1) is 11.6 Å². The van der Waals surface area contributed by atoms with E-state index in [2.05, 4.69) is 15.1 Å². The lowest BCUT2D eigenvalue weighted by molar-refractivity contribution is -0.129. The molecule has 1 saturated heterocycles. The Labute approximate surface area is 197 Å². The van der Waals surface area contributed by atoms with Crippen molar-refractivity contribution < 1.29 is 18.7 Å². The molecular formula is C24H30F2N6O2. The Bertz CT molecular complexity index is 1070. The minimum atomic E-state index is -0.567. The van der Waals surface area contributed by atoms with Gasteiger partial charge in [-0.05, 0) is 18.9 Å². The molecule has 1 aliphatic carbocycles. The number of aliphatic hydroxyl groups is 1. The van der Waals surface area contributed by atoms with E-state index < -0.39 is 11.6 Å². The minimum absolute atomic E-state index is 0.0295. The Kier molecular flexibility index (Phi) is 6.35. The molecule has 0 bridgehead atoms. The highest BCUT2D eigenvalue weighted by Gasteiger charge is 2.31. The van der Waals surface area contributed by atoms with Crippen LogP contribution in [-0.2, 0) is 24.3 Å². The van der Waals surface area contributed by atoms with Gasteiger partial charge in [0.2, 0.25) is 5.91 Å². The van der Waals surface area contributed by atoms with E-state index in [9.17, 15) is 18.7 Å². The molecule has 10 heteroatoms. The van der Waals surface area contributed by atoms with E-state index in [1.807, 2.05) is 0 Å². The molecule has 2 aromatic rings. The predicted octanol–water partition coefficient (Wildman–Crippen LogP) is 1.92. The van der Waals surface area contributed by atoms with Crippen LogP contribution in [0.15, 0.2) is 18.2 Å². The summed E-state index contributed by atoms with van der Waals surface area (Å²) in [6, 6.07) is 3.87. The first-order valence-corrected chi connectivity index (χ1v) is 11.9. The topological polar surface area (TPSA) is 84.8 Å². The van der Waals surface area contributed by atoms with E-state index in [0.717, 1.165) is 36.4 Å². The van der Waals surface area contributed by atoms with Crippen LogP contribution in [0.3, 0.4) is 0 Å². The van der Waals surface area contributed by atoms with Crippen molar-refractivity contribution in [3.63, 3.8) is 0 Å². The van der Waals surface area contributed by atoms with Crippen LogP contribution in [0.2, 0.25) is 0 Å². The summed E-state index contributed by atoms with van der Waals surface area (Å²) < 4.78 is 27.3. The quantitative estimate of drug-likeness (QED) is 0.688. The van der Waals surface area contributed by atoms with Gasteiger partial charge in [0.05, 0.1) is 24.0 Å². The summed E-state index contributed by atoms with van der Waals surface area (Å²) in [6.45, 7) is 5.94. The van der Waals surface area contributed by atoms with Crippen LogP contribution < -0.4 is 10.2 Å². The third-order valence-electron chi connectivity index (χ3n) is 6.97. The van der Waals surface area contributed by atoms with E-state index in [1.54, 1.807) is 11.8 Å². The number of hydrogen-bond acceptors (Lipinski definition) is 7. The second-order valence-electron chi connectivity index (χ2n) is 9.45. The van der Waals surface area contributed by atoms with Gasteiger partial charge in [0.25, 0.3) is 0 Å². The van der Waals surface area contributed by atoms with Gasteiger partial charge in [-0.25, -0.2) is 18.7 Å². The molecule has 8 nitrogen and oxygen atoms in total. The Balaban J connectivity index is 1.31. The average Bonchev–Trinajstić information content (AvgIpc) is 2.79. The number of aliphatic hydroxyl groups excluding tert-OH is 1. The maximum Gasteiger partial charge on any atom is 0.219 e. The molecule has 1 aromatic carbocycles. The fourth-order valence-corrected chi connectivity index (χ4v) is 4.82. The molecule has 0 spiro atoms. The fraction of sp³-hybridized carbons (Fsp3) is 0.542. The Morgan fingerprint density at radius 2 is 1.88 bits per heavy atom. The molecule has 182 valence electrons. The first-order valence-electron chi connectivity index (χ1n) is 11.9. The van der Waals surface area contributed by atoms with Crippen molar-refractivity contribution in [2.75, 3.05) is 42.9 Å². The van der Waals surface area contributed by atoms with Gasteiger partial charge >= 0.3 is 0 Å². The maximum absolute atomic E-state index is 14.1. The number of benzene rings is 1. The first-order chi connectivity index (χ1) is 16.4. The number of piperazine rings is 1. The van der Waals surface area contributed by atoms with E-state index >= 15 is 0 Å². The normalized spacial score (nSPS) is 22.8. The van der Waals surface area contributed by atoms with Crippen molar-refractivity contribution in [2.24, 2.45) is 0 Å². The summed E-state index contributed by atoms with van der Waals surface area (Å²) in [5.74, 6) is 0.434. The van der Waals surface area contributed by atoms with Crippen molar-refractivity contribution in [1.82, 2.24) is 19.8 Å². The summed E-state index contributed by atoms with van der Waals surface area (Å²) in [5, 5.41) is 13.2. The van der Waals surface area contributed by atoms with E-state index in [1.165, 1.54) is 12.1 Å². The van der Waals surface area contributed by atoms with Crippen LogP contribution in [-0.4, -0.2) is 75.7 Å². The smallest absolute Gasteiger partial charge is 0.219 e. The molecule has 1 amide bonds. The van der Waals surface area contributed by atoms with Gasteiger partial charge in [0.15, 0.2) is 11.6 Å². The highest BCUT2D eigenvalue weighted by molar-refractivity contribution is 5.73. The third kappa shape index (κ3) is 4.83. The van der Waals surface area contributed by atoms with Crippen LogP contribution >= 0.6 is 0 Å². The number of fused-ring (bicyclic) bond motifs is 1. The highest BCUT2D eigenvalue weighted by atomic mass is 19.1. The van der Waals surface area contributed by atoms with Crippen LogP contribution in [0.5, 0.6) is 0 Å². The average molecular weight is 473 g/mol. The zero-order valence-electron chi connectivity index (χ0n) is 19.3. The lowest BCUT2D eigenvalue weighted by atomic mass is 9.89. The molecule has 0 radical (unpaired) electrons. The SMILES string of the molecule is CC(=O)N1CCc2nc(N3CCN(Cc4ccc(F)cc4F)CC3)c(N[C@H]3C[C@H](O)C3)nc2C1. The number of hydrogen-bond donors (Lipinski definition) is 2. The van der Waals surface area contributed by atoms with Crippen molar-refractivity contribution >= 4 is 17.5 Å². The molecular weight excluding hydrogens is 442 g/mol. The molecule has 1 saturated carbocycles. The zero-order chi connectivity index (χ0) is 23.8. The standard InChI is InChI=1S/C24H30F2N6O2/c1-15(33)32-5-4-21-22(14-32)28-23(27-18-11-19(34)12-18)24(29-21)31-8-6-30(7-9-31)13-16-2-3-17(25)10-20(16)26/h2-3,10,18-19,34H,4-9,11-14H2,1H3,(H,27,28)/t18-,19-. The third-order valence-corrected chi connectivity index (χ3v) is 6.97. The molecule has 1 aromatic heterocycles. The van der Waals surface area contributed by atoms with Gasteiger partial charge in [0, 0.05) is 70.3 Å². The number of amides is 1. The fourth-order valence-electron chi connectivity index (χ4n) is 4.82. The summed E-state index contributed by atoms with van der Waals surface area (Å²) in [7, 11) is 0. The number of anilines is 2. The summed E-state index contributed by atoms with van der Waals surface area (Å²) >= 11 is 0. The van der Waals surface area contributed by atoms with Crippen molar-refractivity contribution in [1.29, 1.82) is 0 Å². The summed E-state index contributed by atoms with van der Waals surface area (Å²) in [6.07, 6.45) is 1.74. The minimum Gasteiger partial charge on any atom is -0.393 e. The predicted molar refractivity (Wildman–Crippen MR) is 123 cm³/mol. The van der Waals surface area contributed by atoms with Gasteiger partial charge < -0.3 is 20.2 Å². The van der Waals surface area contributed by atoms with Crippen molar-refractivity contribution in [2.45, 2.75) is 51.4 Å². The first kappa shape index (κ1) is 22.9. The molecule has 3 aliphatic rings. The number of nitrogens with zero attached hydrogens (tertiary/aromatic N) is 5. The molecule has 3 heterocycles. The van der Waals surface area contributed by atoms with Crippen LogP contribution in [0.1, 0.15) is 36.7 Å². The Hall–Kier alpha value is -2.85. The van der Waals surface area contributed by atoms with Crippen LogP contribution in [0.25, 0.3) is 0 Å². The second-order valence-corrected chi connectivity index (χ2v) is 9.45. The van der Waals surface area contributed by atoms with Gasteiger partial charge in [0.1, 0.15) is 11.6 Å². The van der Waals surface area contributed by atoms with E-state index in [-0.39, 0.29) is 18.1 Å². The Morgan fingerprint density at radius 3 is 2.56 bits per heavy atom. The van der Waals surface area contributed by atoms with Gasteiger partial charge in [-0.1, -0.05) is 6.07 Å². The maximum atomic E-state index is 14.1. The summed E-state index contributed by atoms with van der Waals surface area (Å²) in [4.78, 5) is 27.8. The monoisotopic (exact) mass is 472 g/mol. The van der Waals surface area contributed by atoms with Gasteiger partial charge in [-0.15, -0.1) is 0 Å². The molecule has 2 N–H and O–H groups in total. The van der Waals surface area contributed by atoms with Gasteiger partial charge in [-0.2, -0.15) is 0 Å². The highest BCUT2D eigenvalue weighted by Crippen LogP contribution is 2.31. The number of carbonyl (C=O) groups is 1. The lowest BCUT2D eigenvalue weighted by Crippen LogP contribution is -2.47. The molecule has 0 unspecified atom stereocenters. The number of rotatable bonds is 5. The summed E-state index contributed by atoms with van der Waals surface area (Å²) in [5.41, 5.74) is 2.23. The largest absolute Gasteiger partial charge is 0.393 e. The molecule has 5 rings (SSSR count). The molecule has 2 aliphatic heterocycles. The van der Waals surface area contributed by atoms with E-state index in [4.69, 9.17) is 9.97 Å². The van der Waals surface area contributed by atoms with Crippen molar-refractivity contribution in [3.8, 4) is 0 Å². The van der Waals surface area contributed by atoms with Crippen molar-refractivity contribution in [3.05, 3.63) is 46.8 Å². The number of carbonyl (C=O) groups excluding carboxylic acids is 1. The molecule has 34 heavy (non-hydrogen) atoms. The van der Waals surface area contributed by atoms with E-state index in [0.29, 0.717) is 63.4 Å². The van der Waals surface area contributed by atoms with Gasteiger partial charge in [-0.3, -0.25) is 9.69 Å². The number of aromatic nitrogens is 2. The Morgan fingerprint density at radius 1 is 1.12 bits per heavy atom. The molecule has 0 atom stereocenters. The number of halogens is 2. The second kappa shape index (κ2) is 9.42. The van der Waals surface area contributed by atoms with Crippen LogP contribution in [0.4, 0.5) is 20.4 Å².